The maximum atomic E-state index is 12.7. The van der Waals surface area contributed by atoms with Crippen molar-refractivity contribution in [2.45, 2.75) is 51.9 Å². The quantitative estimate of drug-likeness (QED) is 0.794. The second-order valence-electron chi connectivity index (χ2n) is 6.28. The first kappa shape index (κ1) is 17.0. The summed E-state index contributed by atoms with van der Waals surface area (Å²) in [5.74, 6) is 0.914. The van der Waals surface area contributed by atoms with Crippen molar-refractivity contribution in [3.8, 4) is 0 Å². The van der Waals surface area contributed by atoms with Gasteiger partial charge in [-0.05, 0) is 44.0 Å². The Bertz CT molecular complexity index is 691. The first-order valence-electron chi connectivity index (χ1n) is 8.25. The maximum Gasteiger partial charge on any atom is 0.416 e. The minimum Gasteiger partial charge on any atom is -0.361 e. The van der Waals surface area contributed by atoms with E-state index >= 15 is 0 Å². The summed E-state index contributed by atoms with van der Waals surface area (Å²) in [6.45, 7) is 5.56. The summed E-state index contributed by atoms with van der Waals surface area (Å²) in [5.41, 5.74) is 2.35. The van der Waals surface area contributed by atoms with Gasteiger partial charge in [-0.15, -0.1) is 0 Å². The molecule has 1 fully saturated rings. The van der Waals surface area contributed by atoms with Crippen molar-refractivity contribution in [2.75, 3.05) is 6.54 Å². The highest BCUT2D eigenvalue weighted by atomic mass is 19.4. The zero-order chi connectivity index (χ0) is 17.3. The fourth-order valence-electron chi connectivity index (χ4n) is 3.48. The van der Waals surface area contributed by atoms with Gasteiger partial charge in [0.15, 0.2) is 0 Å². The molecular weight excluding hydrogens is 317 g/mol. The predicted octanol–water partition coefficient (Wildman–Crippen LogP) is 4.90. The fraction of sp³-hybridized carbons (Fsp3) is 0.500. The second-order valence-corrected chi connectivity index (χ2v) is 6.28. The molecule has 1 saturated heterocycles. The topological polar surface area (TPSA) is 29.3 Å². The lowest BCUT2D eigenvalue weighted by Gasteiger charge is -2.25. The van der Waals surface area contributed by atoms with Crippen molar-refractivity contribution in [3.05, 3.63) is 52.4 Å². The van der Waals surface area contributed by atoms with Gasteiger partial charge in [0.1, 0.15) is 5.76 Å². The normalized spacial score (nSPS) is 19.1. The van der Waals surface area contributed by atoms with Crippen LogP contribution in [-0.4, -0.2) is 16.6 Å². The molecule has 1 aliphatic heterocycles. The van der Waals surface area contributed by atoms with Crippen molar-refractivity contribution in [2.24, 2.45) is 0 Å². The Balaban J connectivity index is 1.78. The number of aromatic nitrogens is 1. The summed E-state index contributed by atoms with van der Waals surface area (Å²) in [7, 11) is 0. The number of aryl methyl sites for hydroxylation is 2. The van der Waals surface area contributed by atoms with Crippen LogP contribution in [0.1, 0.15) is 54.0 Å². The second kappa shape index (κ2) is 6.59. The van der Waals surface area contributed by atoms with Crippen molar-refractivity contribution in [3.63, 3.8) is 0 Å². The first-order valence-corrected chi connectivity index (χ1v) is 8.25. The van der Waals surface area contributed by atoms with E-state index in [4.69, 9.17) is 4.52 Å². The highest BCUT2D eigenvalue weighted by molar-refractivity contribution is 5.28. The Kier molecular flexibility index (Phi) is 4.67. The van der Waals surface area contributed by atoms with Crippen LogP contribution in [0.3, 0.4) is 0 Å². The molecule has 0 unspecified atom stereocenters. The van der Waals surface area contributed by atoms with Gasteiger partial charge in [0.2, 0.25) is 0 Å². The molecular formula is C18H21F3N2O. The lowest BCUT2D eigenvalue weighted by atomic mass is 10.0. The molecule has 0 N–H and O–H groups in total. The molecule has 1 atom stereocenters. The van der Waals surface area contributed by atoms with Gasteiger partial charge in [-0.3, -0.25) is 4.90 Å². The van der Waals surface area contributed by atoms with Gasteiger partial charge in [-0.1, -0.05) is 24.2 Å². The summed E-state index contributed by atoms with van der Waals surface area (Å²) >= 11 is 0. The van der Waals surface area contributed by atoms with E-state index in [1.807, 2.05) is 13.8 Å². The number of nitrogens with zero attached hydrogens (tertiary/aromatic N) is 2. The molecule has 0 saturated carbocycles. The van der Waals surface area contributed by atoms with Crippen molar-refractivity contribution >= 4 is 0 Å². The zero-order valence-corrected chi connectivity index (χ0v) is 13.9. The minimum absolute atomic E-state index is 0.230. The number of benzene rings is 1. The molecule has 3 rings (SSSR count). The van der Waals surface area contributed by atoms with Gasteiger partial charge in [0.05, 0.1) is 11.3 Å². The molecule has 130 valence electrons. The minimum atomic E-state index is -4.29. The van der Waals surface area contributed by atoms with E-state index in [1.54, 1.807) is 12.1 Å². The van der Waals surface area contributed by atoms with Gasteiger partial charge in [-0.2, -0.15) is 13.2 Å². The molecule has 0 amide bonds. The monoisotopic (exact) mass is 338 g/mol. The average Bonchev–Trinajstić information content (AvgIpc) is 3.12. The van der Waals surface area contributed by atoms with Crippen LogP contribution in [0.4, 0.5) is 13.2 Å². The number of rotatable bonds is 4. The zero-order valence-electron chi connectivity index (χ0n) is 13.9. The summed E-state index contributed by atoms with van der Waals surface area (Å²) in [6, 6.07) is 5.68. The van der Waals surface area contributed by atoms with Gasteiger partial charge in [-0.25, -0.2) is 0 Å². The van der Waals surface area contributed by atoms with Crippen molar-refractivity contribution in [1.82, 2.24) is 10.1 Å². The van der Waals surface area contributed by atoms with E-state index in [1.165, 1.54) is 0 Å². The van der Waals surface area contributed by atoms with Gasteiger partial charge in [0, 0.05) is 24.6 Å². The third-order valence-electron chi connectivity index (χ3n) is 4.67. The largest absolute Gasteiger partial charge is 0.416 e. The Labute approximate surface area is 139 Å². The van der Waals surface area contributed by atoms with Gasteiger partial charge >= 0.3 is 6.18 Å². The Morgan fingerprint density at radius 1 is 1.25 bits per heavy atom. The highest BCUT2D eigenvalue weighted by Crippen LogP contribution is 2.37. The number of hydrogen-bond donors (Lipinski definition) is 0. The number of halogens is 3. The van der Waals surface area contributed by atoms with Crippen molar-refractivity contribution < 1.29 is 17.7 Å². The number of hydrogen-bond acceptors (Lipinski definition) is 3. The Morgan fingerprint density at radius 3 is 2.58 bits per heavy atom. The van der Waals surface area contributed by atoms with Crippen LogP contribution in [0.25, 0.3) is 0 Å². The Hall–Kier alpha value is -1.82. The number of alkyl halides is 3. The molecule has 24 heavy (non-hydrogen) atoms. The molecule has 0 aliphatic carbocycles. The Morgan fingerprint density at radius 2 is 1.96 bits per heavy atom. The van der Waals surface area contributed by atoms with Gasteiger partial charge < -0.3 is 4.52 Å². The molecule has 0 bridgehead atoms. The van der Waals surface area contributed by atoms with Crippen molar-refractivity contribution in [1.29, 1.82) is 0 Å². The third kappa shape index (κ3) is 3.34. The van der Waals surface area contributed by atoms with E-state index in [0.29, 0.717) is 6.54 Å². The first-order chi connectivity index (χ1) is 11.4. The van der Waals surface area contributed by atoms with Crippen LogP contribution >= 0.6 is 0 Å². The molecule has 3 nitrogen and oxygen atoms in total. The number of likely N-dealkylation sites (tertiary alicyclic amines) is 1. The maximum absolute atomic E-state index is 12.7. The molecule has 0 radical (unpaired) electrons. The molecule has 1 aromatic heterocycles. The summed E-state index contributed by atoms with van der Waals surface area (Å²) in [5, 5.41) is 4.09. The lowest BCUT2D eigenvalue weighted by Crippen LogP contribution is -2.23. The SMILES string of the molecule is CCc1onc(C)c1[C@@H]1CCCN1Cc1ccc(C(F)(F)F)cc1. The van der Waals surface area contributed by atoms with Crippen LogP contribution in [0.15, 0.2) is 28.8 Å². The van der Waals surface area contributed by atoms with E-state index in [-0.39, 0.29) is 6.04 Å². The van der Waals surface area contributed by atoms with E-state index in [9.17, 15) is 13.2 Å². The van der Waals surface area contributed by atoms with Crippen LogP contribution in [-0.2, 0) is 19.1 Å². The average molecular weight is 338 g/mol. The summed E-state index contributed by atoms with van der Waals surface area (Å²) < 4.78 is 43.4. The van der Waals surface area contributed by atoms with E-state index < -0.39 is 11.7 Å². The van der Waals surface area contributed by atoms with Crippen LogP contribution in [0.2, 0.25) is 0 Å². The molecule has 1 aliphatic rings. The van der Waals surface area contributed by atoms with Crippen LogP contribution in [0.5, 0.6) is 0 Å². The van der Waals surface area contributed by atoms with E-state index in [2.05, 4.69) is 10.1 Å². The van der Waals surface area contributed by atoms with Crippen LogP contribution < -0.4 is 0 Å². The standard InChI is InChI=1S/C18H21F3N2O/c1-3-16-17(12(2)22-24-16)15-5-4-10-23(15)11-13-6-8-14(9-7-13)18(19,20)21/h6-9,15H,3-5,10-11H2,1-2H3/t15-/m0/s1. The lowest BCUT2D eigenvalue weighted by molar-refractivity contribution is -0.137. The molecule has 0 spiro atoms. The summed E-state index contributed by atoms with van der Waals surface area (Å²) in [4.78, 5) is 2.31. The van der Waals surface area contributed by atoms with Gasteiger partial charge in [0.25, 0.3) is 0 Å². The molecule has 6 heteroatoms. The smallest absolute Gasteiger partial charge is 0.361 e. The third-order valence-corrected chi connectivity index (χ3v) is 4.67. The van der Waals surface area contributed by atoms with E-state index in [0.717, 1.165) is 60.5 Å². The predicted molar refractivity (Wildman–Crippen MR) is 84.4 cm³/mol. The molecule has 1 aromatic carbocycles. The summed E-state index contributed by atoms with van der Waals surface area (Å²) in [6.07, 6.45) is -1.40. The molecule has 2 heterocycles. The van der Waals surface area contributed by atoms with Crippen LogP contribution in [0, 0.1) is 6.92 Å². The fourth-order valence-corrected chi connectivity index (χ4v) is 3.48. The highest BCUT2D eigenvalue weighted by Gasteiger charge is 2.32. The molecule has 2 aromatic rings.